The number of rotatable bonds is 4. The average Bonchev–Trinajstić information content (AvgIpc) is 3.46. The molecule has 7 heteroatoms. The molecule has 7 nitrogen and oxygen atoms in total. The first-order valence-corrected chi connectivity index (χ1v) is 10.4. The van der Waals surface area contributed by atoms with Gasteiger partial charge < -0.3 is 18.9 Å². The van der Waals surface area contributed by atoms with Crippen LogP contribution in [0.15, 0.2) is 65.9 Å². The van der Waals surface area contributed by atoms with Crippen LogP contribution in [0.4, 0.5) is 0 Å². The van der Waals surface area contributed by atoms with Gasteiger partial charge in [0.25, 0.3) is 0 Å². The molecule has 0 spiro atoms. The Morgan fingerprint density at radius 3 is 2.87 bits per heavy atom. The second-order valence-corrected chi connectivity index (χ2v) is 7.55. The Bertz CT molecular complexity index is 1160. The van der Waals surface area contributed by atoms with Crippen molar-refractivity contribution >= 4 is 5.71 Å². The smallest absolute Gasteiger partial charge is 0.231 e. The second-order valence-electron chi connectivity index (χ2n) is 7.55. The summed E-state index contributed by atoms with van der Waals surface area (Å²) in [5.74, 6) is 3.03. The number of hydrazone groups is 1. The molecule has 6 rings (SSSR count). The molecule has 0 saturated heterocycles. The molecule has 0 fully saturated rings. The third kappa shape index (κ3) is 2.96. The molecule has 3 aromatic rings. The SMILES string of the molecule is CCOc1cccc2c1O[C@H](c1ccccn1)N1N=C(c3ccc4c(c3)OCO4)C[C@@H]21. The zero-order chi connectivity index (χ0) is 20.8. The van der Waals surface area contributed by atoms with Crippen molar-refractivity contribution in [3.63, 3.8) is 0 Å². The molecule has 0 N–H and O–H groups in total. The fourth-order valence-electron chi connectivity index (χ4n) is 4.32. The van der Waals surface area contributed by atoms with Crippen LogP contribution >= 0.6 is 0 Å². The monoisotopic (exact) mass is 415 g/mol. The Kier molecular flexibility index (Phi) is 4.19. The van der Waals surface area contributed by atoms with E-state index in [1.54, 1.807) is 6.20 Å². The number of benzene rings is 2. The van der Waals surface area contributed by atoms with E-state index in [1.165, 1.54) is 0 Å². The van der Waals surface area contributed by atoms with Gasteiger partial charge >= 0.3 is 0 Å². The van der Waals surface area contributed by atoms with E-state index in [2.05, 4.69) is 11.1 Å². The van der Waals surface area contributed by atoms with Gasteiger partial charge in [-0.05, 0) is 43.3 Å². The fraction of sp³-hybridized carbons (Fsp3) is 0.250. The third-order valence-electron chi connectivity index (χ3n) is 5.73. The van der Waals surface area contributed by atoms with Crippen molar-refractivity contribution in [2.45, 2.75) is 25.6 Å². The van der Waals surface area contributed by atoms with E-state index in [0.29, 0.717) is 6.61 Å². The third-order valence-corrected chi connectivity index (χ3v) is 5.73. The van der Waals surface area contributed by atoms with Crippen LogP contribution in [0.3, 0.4) is 0 Å². The highest BCUT2D eigenvalue weighted by Gasteiger charge is 2.42. The van der Waals surface area contributed by atoms with Crippen LogP contribution in [0.2, 0.25) is 0 Å². The summed E-state index contributed by atoms with van der Waals surface area (Å²) < 4.78 is 23.3. The number of nitrogens with zero attached hydrogens (tertiary/aromatic N) is 3. The van der Waals surface area contributed by atoms with Crippen molar-refractivity contribution in [1.82, 2.24) is 9.99 Å². The molecule has 4 heterocycles. The molecule has 0 aliphatic carbocycles. The number of aromatic nitrogens is 1. The lowest BCUT2D eigenvalue weighted by molar-refractivity contribution is -0.0240. The van der Waals surface area contributed by atoms with Gasteiger partial charge in [-0.1, -0.05) is 18.2 Å². The average molecular weight is 415 g/mol. The van der Waals surface area contributed by atoms with Gasteiger partial charge in [-0.2, -0.15) is 5.10 Å². The number of ether oxygens (including phenoxy) is 4. The van der Waals surface area contributed by atoms with Gasteiger partial charge in [-0.25, -0.2) is 5.01 Å². The van der Waals surface area contributed by atoms with Gasteiger partial charge in [0.15, 0.2) is 23.0 Å². The first kappa shape index (κ1) is 18.1. The number of hydrogen-bond acceptors (Lipinski definition) is 7. The Labute approximate surface area is 179 Å². The minimum Gasteiger partial charge on any atom is -0.490 e. The highest BCUT2D eigenvalue weighted by Crippen LogP contribution is 2.50. The first-order chi connectivity index (χ1) is 15.3. The molecule has 1 aromatic heterocycles. The van der Waals surface area contributed by atoms with Crippen LogP contribution < -0.4 is 18.9 Å². The highest BCUT2D eigenvalue weighted by atomic mass is 16.7. The van der Waals surface area contributed by atoms with Crippen molar-refractivity contribution in [3.05, 3.63) is 77.6 Å². The minimum absolute atomic E-state index is 0.0246. The molecule has 0 radical (unpaired) electrons. The Morgan fingerprint density at radius 1 is 1.06 bits per heavy atom. The number of pyridine rings is 1. The van der Waals surface area contributed by atoms with Gasteiger partial charge in [-0.15, -0.1) is 0 Å². The standard InChI is InChI=1S/C24H21N3O4/c1-2-28-21-8-5-6-16-19-13-18(15-9-10-20-22(12-15)30-14-29-20)26-27(19)24(31-23(16)21)17-7-3-4-11-25-17/h3-12,19,24H,2,13-14H2,1H3/t19-,24+/m0/s1. The number of hydrogen-bond donors (Lipinski definition) is 0. The minimum atomic E-state index is -0.438. The molecule has 0 bridgehead atoms. The quantitative estimate of drug-likeness (QED) is 0.627. The Hall–Kier alpha value is -3.74. The lowest BCUT2D eigenvalue weighted by Crippen LogP contribution is -2.34. The largest absolute Gasteiger partial charge is 0.490 e. The molecule has 3 aliphatic heterocycles. The van der Waals surface area contributed by atoms with Crippen LogP contribution in [-0.4, -0.2) is 29.1 Å². The van der Waals surface area contributed by atoms with E-state index < -0.39 is 6.23 Å². The maximum atomic E-state index is 6.46. The number of para-hydroxylation sites is 1. The molecule has 156 valence electrons. The maximum Gasteiger partial charge on any atom is 0.231 e. The topological polar surface area (TPSA) is 65.4 Å². The van der Waals surface area contributed by atoms with E-state index in [1.807, 2.05) is 60.5 Å². The van der Waals surface area contributed by atoms with Crippen LogP contribution in [0, 0.1) is 0 Å². The summed E-state index contributed by atoms with van der Waals surface area (Å²) in [4.78, 5) is 4.54. The Balaban J connectivity index is 1.44. The van der Waals surface area contributed by atoms with Gasteiger partial charge in [0.05, 0.1) is 18.4 Å². The highest BCUT2D eigenvalue weighted by molar-refractivity contribution is 6.02. The maximum absolute atomic E-state index is 6.46. The molecular weight excluding hydrogens is 394 g/mol. The van der Waals surface area contributed by atoms with E-state index in [4.69, 9.17) is 24.0 Å². The predicted molar refractivity (Wildman–Crippen MR) is 114 cm³/mol. The van der Waals surface area contributed by atoms with Crippen LogP contribution in [0.1, 0.15) is 42.4 Å². The molecular formula is C24H21N3O4. The summed E-state index contributed by atoms with van der Waals surface area (Å²) in [5.41, 5.74) is 3.86. The summed E-state index contributed by atoms with van der Waals surface area (Å²) >= 11 is 0. The molecule has 0 amide bonds. The lowest BCUT2D eigenvalue weighted by atomic mass is 9.96. The normalized spacial score (nSPS) is 20.5. The van der Waals surface area contributed by atoms with Gasteiger partial charge in [-0.3, -0.25) is 4.98 Å². The first-order valence-electron chi connectivity index (χ1n) is 10.4. The zero-order valence-corrected chi connectivity index (χ0v) is 17.0. The van der Waals surface area contributed by atoms with E-state index in [0.717, 1.165) is 52.0 Å². The molecule has 3 aliphatic rings. The van der Waals surface area contributed by atoms with Gasteiger partial charge in [0, 0.05) is 23.7 Å². The summed E-state index contributed by atoms with van der Waals surface area (Å²) in [7, 11) is 0. The van der Waals surface area contributed by atoms with E-state index >= 15 is 0 Å². The summed E-state index contributed by atoms with van der Waals surface area (Å²) in [5, 5.41) is 7.00. The summed E-state index contributed by atoms with van der Waals surface area (Å²) in [6.45, 7) is 2.80. The van der Waals surface area contributed by atoms with Crippen LogP contribution in [-0.2, 0) is 0 Å². The van der Waals surface area contributed by atoms with Crippen LogP contribution in [0.5, 0.6) is 23.0 Å². The fourth-order valence-corrected chi connectivity index (χ4v) is 4.32. The van der Waals surface area contributed by atoms with E-state index in [-0.39, 0.29) is 12.8 Å². The molecule has 0 saturated carbocycles. The van der Waals surface area contributed by atoms with Crippen LogP contribution in [0.25, 0.3) is 0 Å². The molecule has 31 heavy (non-hydrogen) atoms. The van der Waals surface area contributed by atoms with Crippen molar-refractivity contribution in [3.8, 4) is 23.0 Å². The van der Waals surface area contributed by atoms with Crippen molar-refractivity contribution in [1.29, 1.82) is 0 Å². The van der Waals surface area contributed by atoms with Crippen molar-refractivity contribution < 1.29 is 18.9 Å². The van der Waals surface area contributed by atoms with Crippen molar-refractivity contribution in [2.24, 2.45) is 5.10 Å². The molecule has 0 unspecified atom stereocenters. The second kappa shape index (κ2) is 7.19. The van der Waals surface area contributed by atoms with Gasteiger partial charge in [0.1, 0.15) is 5.69 Å². The summed E-state index contributed by atoms with van der Waals surface area (Å²) in [6.07, 6.45) is 2.08. The zero-order valence-electron chi connectivity index (χ0n) is 17.0. The molecule has 2 aromatic carbocycles. The predicted octanol–water partition coefficient (Wildman–Crippen LogP) is 4.45. The van der Waals surface area contributed by atoms with Gasteiger partial charge in [0.2, 0.25) is 13.0 Å². The Morgan fingerprint density at radius 2 is 2.00 bits per heavy atom. The van der Waals surface area contributed by atoms with E-state index in [9.17, 15) is 0 Å². The summed E-state index contributed by atoms with van der Waals surface area (Å²) in [6, 6.07) is 17.8. The van der Waals surface area contributed by atoms with Crippen molar-refractivity contribution in [2.75, 3.05) is 13.4 Å². The molecule has 2 atom stereocenters. The lowest BCUT2D eigenvalue weighted by Gasteiger charge is -2.38. The number of fused-ring (bicyclic) bond motifs is 4.